The molecule has 0 unspecified atom stereocenters. The fourth-order valence-electron chi connectivity index (χ4n) is 2.79. The van der Waals surface area contributed by atoms with Gasteiger partial charge in [0.15, 0.2) is 0 Å². The van der Waals surface area contributed by atoms with E-state index in [-0.39, 0.29) is 0 Å². The van der Waals surface area contributed by atoms with E-state index in [2.05, 4.69) is 19.1 Å². The standard InChI is InChI=1S/C17H24O2/c1-2-6-17(18)15-9-11-16(12-10-15)19-13-14-7-4-3-5-8-14/h3-5,7-8,15-16H,2,6,9-13H2,1H3/t15-,16-. The van der Waals surface area contributed by atoms with E-state index in [1.165, 1.54) is 5.56 Å². The Morgan fingerprint density at radius 1 is 1.16 bits per heavy atom. The normalized spacial score (nSPS) is 23.2. The molecule has 0 radical (unpaired) electrons. The van der Waals surface area contributed by atoms with Crippen LogP contribution in [0.5, 0.6) is 0 Å². The molecule has 2 rings (SSSR count). The first kappa shape index (κ1) is 14.3. The fourth-order valence-corrected chi connectivity index (χ4v) is 2.79. The summed E-state index contributed by atoms with van der Waals surface area (Å²) in [5.41, 5.74) is 1.23. The number of Topliss-reactive ketones (excluding diaryl/α,β-unsaturated/α-hetero) is 1. The van der Waals surface area contributed by atoms with E-state index >= 15 is 0 Å². The highest BCUT2D eigenvalue weighted by molar-refractivity contribution is 5.80. The summed E-state index contributed by atoms with van der Waals surface area (Å²) in [5, 5.41) is 0. The molecule has 1 aliphatic carbocycles. The molecule has 0 N–H and O–H groups in total. The van der Waals surface area contributed by atoms with Gasteiger partial charge in [-0.3, -0.25) is 4.79 Å². The number of hydrogen-bond donors (Lipinski definition) is 0. The second-order valence-corrected chi connectivity index (χ2v) is 5.49. The molecule has 0 atom stereocenters. The Balaban J connectivity index is 1.70. The SMILES string of the molecule is CCCC(=O)[C@H]1CC[C@H](OCc2ccccc2)CC1. The van der Waals surface area contributed by atoms with Crippen molar-refractivity contribution in [3.05, 3.63) is 35.9 Å². The maximum Gasteiger partial charge on any atom is 0.135 e. The first-order chi connectivity index (χ1) is 9.29. The average molecular weight is 260 g/mol. The van der Waals surface area contributed by atoms with Crippen LogP contribution in [-0.4, -0.2) is 11.9 Å². The van der Waals surface area contributed by atoms with Gasteiger partial charge in [0.25, 0.3) is 0 Å². The van der Waals surface area contributed by atoms with Crippen LogP contribution < -0.4 is 0 Å². The molecule has 0 aromatic heterocycles. The van der Waals surface area contributed by atoms with Crippen molar-refractivity contribution in [2.24, 2.45) is 5.92 Å². The third kappa shape index (κ3) is 4.46. The Hall–Kier alpha value is -1.15. The van der Waals surface area contributed by atoms with Crippen molar-refractivity contribution in [1.29, 1.82) is 0 Å². The van der Waals surface area contributed by atoms with Crippen molar-refractivity contribution in [3.63, 3.8) is 0 Å². The van der Waals surface area contributed by atoms with Gasteiger partial charge in [-0.2, -0.15) is 0 Å². The molecule has 19 heavy (non-hydrogen) atoms. The first-order valence-corrected chi connectivity index (χ1v) is 7.48. The zero-order valence-electron chi connectivity index (χ0n) is 11.8. The molecule has 1 saturated carbocycles. The lowest BCUT2D eigenvalue weighted by Gasteiger charge is -2.27. The number of benzene rings is 1. The number of carbonyl (C=O) groups excluding carboxylic acids is 1. The molecule has 2 heteroatoms. The van der Waals surface area contributed by atoms with Crippen LogP contribution in [0.15, 0.2) is 30.3 Å². The summed E-state index contributed by atoms with van der Waals surface area (Å²) in [6.07, 6.45) is 6.16. The zero-order chi connectivity index (χ0) is 13.5. The van der Waals surface area contributed by atoms with Crippen molar-refractivity contribution in [2.75, 3.05) is 0 Å². The van der Waals surface area contributed by atoms with E-state index in [4.69, 9.17) is 4.74 Å². The number of ketones is 1. The molecule has 1 fully saturated rings. The van der Waals surface area contributed by atoms with E-state index in [0.29, 0.717) is 24.4 Å². The van der Waals surface area contributed by atoms with Crippen LogP contribution in [0.1, 0.15) is 51.0 Å². The monoisotopic (exact) mass is 260 g/mol. The summed E-state index contributed by atoms with van der Waals surface area (Å²) in [6.45, 7) is 2.77. The Labute approximate surface area is 116 Å². The molecule has 0 heterocycles. The van der Waals surface area contributed by atoms with Crippen LogP contribution in [0.25, 0.3) is 0 Å². The maximum absolute atomic E-state index is 11.8. The lowest BCUT2D eigenvalue weighted by molar-refractivity contribution is -0.124. The van der Waals surface area contributed by atoms with Crippen LogP contribution in [-0.2, 0) is 16.1 Å². The Kier molecular flexibility index (Phi) is 5.59. The highest BCUT2D eigenvalue weighted by atomic mass is 16.5. The zero-order valence-corrected chi connectivity index (χ0v) is 11.8. The number of hydrogen-bond acceptors (Lipinski definition) is 2. The largest absolute Gasteiger partial charge is 0.374 e. The summed E-state index contributed by atoms with van der Waals surface area (Å²) in [7, 11) is 0. The van der Waals surface area contributed by atoms with Crippen molar-refractivity contribution < 1.29 is 9.53 Å². The third-order valence-corrected chi connectivity index (χ3v) is 3.95. The van der Waals surface area contributed by atoms with Crippen LogP contribution in [0.3, 0.4) is 0 Å². The van der Waals surface area contributed by atoms with Crippen LogP contribution in [0, 0.1) is 5.92 Å². The third-order valence-electron chi connectivity index (χ3n) is 3.95. The van der Waals surface area contributed by atoms with Gasteiger partial charge >= 0.3 is 0 Å². The molecule has 1 aromatic carbocycles. The van der Waals surface area contributed by atoms with E-state index in [1.54, 1.807) is 0 Å². The molecule has 2 nitrogen and oxygen atoms in total. The summed E-state index contributed by atoms with van der Waals surface area (Å²) < 4.78 is 5.95. The molecule has 0 aliphatic heterocycles. The van der Waals surface area contributed by atoms with E-state index in [1.807, 2.05) is 18.2 Å². The summed E-state index contributed by atoms with van der Waals surface area (Å²) >= 11 is 0. The minimum atomic E-state index is 0.302. The minimum Gasteiger partial charge on any atom is -0.374 e. The van der Waals surface area contributed by atoms with Crippen LogP contribution in [0.2, 0.25) is 0 Å². The molecular weight excluding hydrogens is 236 g/mol. The van der Waals surface area contributed by atoms with E-state index < -0.39 is 0 Å². The molecule has 1 aliphatic rings. The molecule has 0 spiro atoms. The molecule has 104 valence electrons. The van der Waals surface area contributed by atoms with Gasteiger partial charge in [-0.15, -0.1) is 0 Å². The van der Waals surface area contributed by atoms with E-state index in [9.17, 15) is 4.79 Å². The maximum atomic E-state index is 11.8. The van der Waals surface area contributed by atoms with Gasteiger partial charge in [-0.05, 0) is 37.7 Å². The molecule has 0 bridgehead atoms. The number of carbonyl (C=O) groups is 1. The van der Waals surface area contributed by atoms with Crippen LogP contribution in [0.4, 0.5) is 0 Å². The highest BCUT2D eigenvalue weighted by Gasteiger charge is 2.25. The smallest absolute Gasteiger partial charge is 0.135 e. The average Bonchev–Trinajstić information content (AvgIpc) is 2.47. The predicted molar refractivity (Wildman–Crippen MR) is 76.9 cm³/mol. The Bertz CT molecular complexity index is 378. The molecular formula is C17H24O2. The fraction of sp³-hybridized carbons (Fsp3) is 0.588. The summed E-state index contributed by atoms with van der Waals surface area (Å²) in [5.74, 6) is 0.764. The second-order valence-electron chi connectivity index (χ2n) is 5.49. The van der Waals surface area contributed by atoms with Gasteiger partial charge < -0.3 is 4.74 Å². The molecule has 1 aromatic rings. The Morgan fingerprint density at radius 3 is 2.47 bits per heavy atom. The number of rotatable bonds is 6. The van der Waals surface area contributed by atoms with Crippen LogP contribution >= 0.6 is 0 Å². The molecule has 0 saturated heterocycles. The van der Waals surface area contributed by atoms with Gasteiger partial charge in [0.05, 0.1) is 12.7 Å². The van der Waals surface area contributed by atoms with Gasteiger partial charge in [0.2, 0.25) is 0 Å². The van der Waals surface area contributed by atoms with Crippen molar-refractivity contribution in [2.45, 2.75) is 58.2 Å². The Morgan fingerprint density at radius 2 is 1.84 bits per heavy atom. The topological polar surface area (TPSA) is 26.3 Å². The quantitative estimate of drug-likeness (QED) is 0.768. The predicted octanol–water partition coefficient (Wildman–Crippen LogP) is 4.13. The lowest BCUT2D eigenvalue weighted by Crippen LogP contribution is -2.26. The first-order valence-electron chi connectivity index (χ1n) is 7.48. The van der Waals surface area contributed by atoms with Gasteiger partial charge in [-0.25, -0.2) is 0 Å². The summed E-state index contributed by atoms with van der Waals surface area (Å²) in [4.78, 5) is 11.8. The number of ether oxygens (including phenoxy) is 1. The highest BCUT2D eigenvalue weighted by Crippen LogP contribution is 2.28. The summed E-state index contributed by atoms with van der Waals surface area (Å²) in [6, 6.07) is 10.3. The van der Waals surface area contributed by atoms with Gasteiger partial charge in [0.1, 0.15) is 5.78 Å². The van der Waals surface area contributed by atoms with Crippen molar-refractivity contribution in [1.82, 2.24) is 0 Å². The van der Waals surface area contributed by atoms with Crippen molar-refractivity contribution >= 4 is 5.78 Å². The van der Waals surface area contributed by atoms with E-state index in [0.717, 1.165) is 38.5 Å². The molecule has 0 amide bonds. The lowest BCUT2D eigenvalue weighted by atomic mass is 9.83. The van der Waals surface area contributed by atoms with Crippen molar-refractivity contribution in [3.8, 4) is 0 Å². The second kappa shape index (κ2) is 7.44. The van der Waals surface area contributed by atoms with Gasteiger partial charge in [0, 0.05) is 12.3 Å². The minimum absolute atomic E-state index is 0.302. The van der Waals surface area contributed by atoms with Gasteiger partial charge in [-0.1, -0.05) is 37.3 Å².